The van der Waals surface area contributed by atoms with Crippen LogP contribution in [0.3, 0.4) is 0 Å². The van der Waals surface area contributed by atoms with Gasteiger partial charge in [-0.05, 0) is 18.2 Å². The zero-order valence-electron chi connectivity index (χ0n) is 9.94. The van der Waals surface area contributed by atoms with E-state index in [2.05, 4.69) is 5.32 Å². The molecule has 0 amide bonds. The summed E-state index contributed by atoms with van der Waals surface area (Å²) < 4.78 is 16.2. The lowest BCUT2D eigenvalue weighted by atomic mass is 10.2. The Balaban J connectivity index is 1.92. The van der Waals surface area contributed by atoms with Crippen molar-refractivity contribution in [3.05, 3.63) is 18.2 Å². The van der Waals surface area contributed by atoms with Gasteiger partial charge in [0, 0.05) is 19.3 Å². The van der Waals surface area contributed by atoms with Gasteiger partial charge in [0.1, 0.15) is 18.5 Å². The minimum absolute atomic E-state index is 0.0266. The lowest BCUT2D eigenvalue weighted by molar-refractivity contribution is 0.00342. The summed E-state index contributed by atoms with van der Waals surface area (Å²) in [5.74, 6) is 0.817. The van der Waals surface area contributed by atoms with Crippen molar-refractivity contribution in [2.75, 3.05) is 44.5 Å². The summed E-state index contributed by atoms with van der Waals surface area (Å²) in [6.07, 6.45) is 0.0266. The molecular formula is C12H18N2O3. The lowest BCUT2D eigenvalue weighted by Crippen LogP contribution is -2.28. The first-order valence-corrected chi connectivity index (χ1v) is 5.66. The Morgan fingerprint density at radius 3 is 3.18 bits per heavy atom. The van der Waals surface area contributed by atoms with Crippen molar-refractivity contribution in [1.29, 1.82) is 0 Å². The summed E-state index contributed by atoms with van der Waals surface area (Å²) in [6.45, 7) is 2.41. The van der Waals surface area contributed by atoms with Crippen LogP contribution in [0, 0.1) is 0 Å². The van der Waals surface area contributed by atoms with E-state index in [1.807, 2.05) is 18.2 Å². The number of fused-ring (bicyclic) bond motifs is 1. The third-order valence-corrected chi connectivity index (χ3v) is 2.59. The van der Waals surface area contributed by atoms with E-state index in [1.165, 1.54) is 0 Å². The number of nitrogens with two attached hydrogens (primary N) is 1. The molecule has 1 aliphatic heterocycles. The number of anilines is 2. The van der Waals surface area contributed by atoms with E-state index < -0.39 is 0 Å². The Bertz CT molecular complexity index is 371. The number of benzene rings is 1. The maximum Gasteiger partial charge on any atom is 0.142 e. The van der Waals surface area contributed by atoms with Crippen LogP contribution < -0.4 is 15.8 Å². The fourth-order valence-corrected chi connectivity index (χ4v) is 1.68. The van der Waals surface area contributed by atoms with Gasteiger partial charge in [-0.25, -0.2) is 0 Å². The van der Waals surface area contributed by atoms with Gasteiger partial charge >= 0.3 is 0 Å². The van der Waals surface area contributed by atoms with Crippen molar-refractivity contribution < 1.29 is 14.2 Å². The van der Waals surface area contributed by atoms with Crippen molar-refractivity contribution in [2.45, 2.75) is 6.10 Å². The van der Waals surface area contributed by atoms with Gasteiger partial charge in [-0.1, -0.05) is 0 Å². The van der Waals surface area contributed by atoms with E-state index >= 15 is 0 Å². The third-order valence-electron chi connectivity index (χ3n) is 2.59. The predicted octanol–water partition coefficient (Wildman–Crippen LogP) is 1.10. The van der Waals surface area contributed by atoms with E-state index in [0.29, 0.717) is 26.4 Å². The highest BCUT2D eigenvalue weighted by Crippen LogP contribution is 2.28. The first-order valence-electron chi connectivity index (χ1n) is 5.66. The summed E-state index contributed by atoms with van der Waals surface area (Å²) in [6, 6.07) is 5.56. The van der Waals surface area contributed by atoms with E-state index in [-0.39, 0.29) is 6.10 Å². The Morgan fingerprint density at radius 1 is 1.47 bits per heavy atom. The molecule has 1 aromatic rings. The van der Waals surface area contributed by atoms with Crippen LogP contribution >= 0.6 is 0 Å². The minimum Gasteiger partial charge on any atom is -0.489 e. The lowest BCUT2D eigenvalue weighted by Gasteiger charge is -2.14. The van der Waals surface area contributed by atoms with E-state index in [1.54, 1.807) is 7.11 Å². The molecular weight excluding hydrogens is 220 g/mol. The van der Waals surface area contributed by atoms with Crippen LogP contribution in [-0.4, -0.2) is 39.6 Å². The first-order chi connectivity index (χ1) is 8.29. The maximum absolute atomic E-state index is 5.72. The molecule has 0 bridgehead atoms. The number of nitrogen functional groups attached to an aromatic ring is 1. The first kappa shape index (κ1) is 12.0. The normalized spacial score (nSPS) is 18.8. The summed E-state index contributed by atoms with van der Waals surface area (Å²) >= 11 is 0. The predicted molar refractivity (Wildman–Crippen MR) is 66.5 cm³/mol. The third kappa shape index (κ3) is 3.25. The summed E-state index contributed by atoms with van der Waals surface area (Å²) in [5, 5.41) is 3.27. The van der Waals surface area contributed by atoms with Gasteiger partial charge in [-0.2, -0.15) is 0 Å². The maximum atomic E-state index is 5.72. The molecule has 1 atom stereocenters. The van der Waals surface area contributed by atoms with Gasteiger partial charge in [0.2, 0.25) is 0 Å². The largest absolute Gasteiger partial charge is 0.489 e. The second-order valence-electron chi connectivity index (χ2n) is 3.93. The molecule has 1 aliphatic rings. The zero-order chi connectivity index (χ0) is 12.1. The summed E-state index contributed by atoms with van der Waals surface area (Å²) in [4.78, 5) is 0. The van der Waals surface area contributed by atoms with Crippen molar-refractivity contribution in [1.82, 2.24) is 0 Å². The van der Waals surface area contributed by atoms with Crippen molar-refractivity contribution in [2.24, 2.45) is 0 Å². The van der Waals surface area contributed by atoms with E-state index in [0.717, 1.165) is 17.1 Å². The fourth-order valence-electron chi connectivity index (χ4n) is 1.68. The molecule has 1 unspecified atom stereocenters. The van der Waals surface area contributed by atoms with Gasteiger partial charge in [-0.3, -0.25) is 0 Å². The molecule has 17 heavy (non-hydrogen) atoms. The highest BCUT2D eigenvalue weighted by molar-refractivity contribution is 5.63. The van der Waals surface area contributed by atoms with Crippen LogP contribution in [0.15, 0.2) is 18.2 Å². The monoisotopic (exact) mass is 238 g/mol. The second kappa shape index (κ2) is 5.75. The number of rotatable bonds is 4. The van der Waals surface area contributed by atoms with Gasteiger partial charge in [0.15, 0.2) is 0 Å². The number of ether oxygens (including phenoxy) is 3. The molecule has 0 saturated carbocycles. The highest BCUT2D eigenvalue weighted by atomic mass is 16.5. The van der Waals surface area contributed by atoms with Crippen LogP contribution in [0.5, 0.6) is 5.75 Å². The average molecular weight is 238 g/mol. The van der Waals surface area contributed by atoms with Gasteiger partial charge < -0.3 is 25.3 Å². The smallest absolute Gasteiger partial charge is 0.142 e. The van der Waals surface area contributed by atoms with Crippen molar-refractivity contribution in [3.63, 3.8) is 0 Å². The molecule has 0 fully saturated rings. The molecule has 0 radical (unpaired) electrons. The number of hydrogen-bond donors (Lipinski definition) is 2. The van der Waals surface area contributed by atoms with Crippen molar-refractivity contribution >= 4 is 11.4 Å². The van der Waals surface area contributed by atoms with Crippen LogP contribution in [0.1, 0.15) is 0 Å². The van der Waals surface area contributed by atoms with Crippen LogP contribution in [0.4, 0.5) is 11.4 Å². The van der Waals surface area contributed by atoms with Crippen LogP contribution in [0.25, 0.3) is 0 Å². The second-order valence-corrected chi connectivity index (χ2v) is 3.93. The summed E-state index contributed by atoms with van der Waals surface area (Å²) in [5.41, 5.74) is 7.36. The molecule has 2 rings (SSSR count). The molecule has 94 valence electrons. The van der Waals surface area contributed by atoms with Gasteiger partial charge in [-0.15, -0.1) is 0 Å². The number of methoxy groups -OCH3 is 1. The molecule has 0 spiro atoms. The molecule has 0 aromatic heterocycles. The summed E-state index contributed by atoms with van der Waals surface area (Å²) in [7, 11) is 1.66. The Hall–Kier alpha value is -1.46. The zero-order valence-corrected chi connectivity index (χ0v) is 9.94. The molecule has 5 heteroatoms. The van der Waals surface area contributed by atoms with Crippen LogP contribution in [0.2, 0.25) is 0 Å². The standard InChI is InChI=1S/C12H18N2O3/c1-15-4-5-16-10-7-14-11-6-9(13)2-3-12(11)17-8-10/h2-3,6,10,14H,4-5,7-8,13H2,1H3. The van der Waals surface area contributed by atoms with Gasteiger partial charge in [0.05, 0.1) is 18.9 Å². The van der Waals surface area contributed by atoms with Crippen molar-refractivity contribution in [3.8, 4) is 5.75 Å². The molecule has 0 aliphatic carbocycles. The fraction of sp³-hybridized carbons (Fsp3) is 0.500. The average Bonchev–Trinajstić information content (AvgIpc) is 2.52. The quantitative estimate of drug-likeness (QED) is 0.607. The van der Waals surface area contributed by atoms with E-state index in [4.69, 9.17) is 19.9 Å². The SMILES string of the molecule is COCCOC1CNc2cc(N)ccc2OC1. The topological polar surface area (TPSA) is 65.7 Å². The Labute approximate surface area is 101 Å². The Kier molecular flexibility index (Phi) is 4.06. The number of hydrogen-bond acceptors (Lipinski definition) is 5. The van der Waals surface area contributed by atoms with Crippen LogP contribution in [-0.2, 0) is 9.47 Å². The highest BCUT2D eigenvalue weighted by Gasteiger charge is 2.16. The molecule has 1 heterocycles. The molecule has 0 saturated heterocycles. The minimum atomic E-state index is 0.0266. The van der Waals surface area contributed by atoms with E-state index in [9.17, 15) is 0 Å². The van der Waals surface area contributed by atoms with Gasteiger partial charge in [0.25, 0.3) is 0 Å². The Morgan fingerprint density at radius 2 is 2.35 bits per heavy atom. The molecule has 3 N–H and O–H groups in total. The number of nitrogens with one attached hydrogen (secondary N) is 1. The molecule has 5 nitrogen and oxygen atoms in total. The molecule has 1 aromatic carbocycles.